The fraction of sp³-hybridized carbons (Fsp3) is 0.316. The first-order valence-corrected chi connectivity index (χ1v) is 8.00. The molecule has 0 unspecified atom stereocenters. The summed E-state index contributed by atoms with van der Waals surface area (Å²) in [5.41, 5.74) is 7.57. The summed E-state index contributed by atoms with van der Waals surface area (Å²) >= 11 is 0. The van der Waals surface area contributed by atoms with Gasteiger partial charge in [-0.05, 0) is 48.6 Å². The Balaban J connectivity index is 0.00000312. The predicted octanol–water partition coefficient (Wildman–Crippen LogP) is 2.87. The predicted molar refractivity (Wildman–Crippen MR) is 99.7 cm³/mol. The number of hydrogen-bond donors (Lipinski definition) is 2. The second-order valence-electron chi connectivity index (χ2n) is 5.64. The minimum Gasteiger partial charge on any atom is -0.497 e. The number of nitrogens with one attached hydrogen (secondary N) is 1. The highest BCUT2D eigenvalue weighted by Gasteiger charge is 2.13. The Bertz CT molecular complexity index is 665. The molecule has 0 bridgehead atoms. The first-order chi connectivity index (χ1) is 11.6. The Hall–Kier alpha value is -2.11. The van der Waals surface area contributed by atoms with Gasteiger partial charge in [-0.3, -0.25) is 4.79 Å². The number of methoxy groups -OCH3 is 1. The van der Waals surface area contributed by atoms with Crippen LogP contribution in [0.3, 0.4) is 0 Å². The van der Waals surface area contributed by atoms with Crippen LogP contribution in [0.4, 0.5) is 4.39 Å². The van der Waals surface area contributed by atoms with Crippen molar-refractivity contribution in [3.63, 3.8) is 0 Å². The van der Waals surface area contributed by atoms with Crippen molar-refractivity contribution in [3.8, 4) is 5.75 Å². The summed E-state index contributed by atoms with van der Waals surface area (Å²) in [6, 6.07) is 13.5. The van der Waals surface area contributed by atoms with Crippen molar-refractivity contribution in [2.24, 2.45) is 5.73 Å². The number of ether oxygens (including phenoxy) is 1. The monoisotopic (exact) mass is 366 g/mol. The van der Waals surface area contributed by atoms with E-state index in [0.29, 0.717) is 31.4 Å². The number of nitrogens with two attached hydrogens (primary N) is 1. The van der Waals surface area contributed by atoms with E-state index in [1.165, 1.54) is 6.07 Å². The van der Waals surface area contributed by atoms with Crippen LogP contribution in [0.2, 0.25) is 0 Å². The fourth-order valence-corrected chi connectivity index (χ4v) is 2.43. The van der Waals surface area contributed by atoms with Crippen molar-refractivity contribution in [3.05, 3.63) is 65.5 Å². The van der Waals surface area contributed by atoms with Gasteiger partial charge >= 0.3 is 0 Å². The van der Waals surface area contributed by atoms with Gasteiger partial charge < -0.3 is 15.8 Å². The lowest BCUT2D eigenvalue weighted by Crippen LogP contribution is -2.42. The van der Waals surface area contributed by atoms with E-state index in [4.69, 9.17) is 10.5 Å². The molecular formula is C19H24ClFN2O2. The Kier molecular flexibility index (Phi) is 8.95. The maximum absolute atomic E-state index is 13.5. The van der Waals surface area contributed by atoms with Gasteiger partial charge in [-0.25, -0.2) is 4.39 Å². The number of aryl methyl sites for hydroxylation is 1. The molecule has 136 valence electrons. The molecule has 2 aromatic rings. The number of carbonyl (C=O) groups excluding carboxylic acids is 1. The molecule has 3 N–H and O–H groups in total. The second kappa shape index (κ2) is 10.7. The smallest absolute Gasteiger partial charge is 0.237 e. The van der Waals surface area contributed by atoms with Gasteiger partial charge in [-0.15, -0.1) is 12.4 Å². The Morgan fingerprint density at radius 2 is 1.88 bits per heavy atom. The minimum absolute atomic E-state index is 0. The van der Waals surface area contributed by atoms with E-state index in [2.05, 4.69) is 5.32 Å². The summed E-state index contributed by atoms with van der Waals surface area (Å²) in [5.74, 6) is 0.365. The average Bonchev–Trinajstić information content (AvgIpc) is 2.60. The lowest BCUT2D eigenvalue weighted by molar-refractivity contribution is -0.122. The molecule has 0 saturated carbocycles. The standard InChI is InChI=1S/C19H23FN2O2.ClH/c1-24-16-10-8-14(9-11-16)13-18(21)19(23)22-12-4-6-15-5-2-3-7-17(15)20;/h2-3,5,7-11,18H,4,6,12-13,21H2,1H3,(H,22,23);1H/t18-;/m0./s1. The molecule has 0 radical (unpaired) electrons. The Morgan fingerprint density at radius 3 is 2.52 bits per heavy atom. The molecule has 2 aromatic carbocycles. The highest BCUT2D eigenvalue weighted by atomic mass is 35.5. The van der Waals surface area contributed by atoms with Gasteiger partial charge in [0.25, 0.3) is 0 Å². The van der Waals surface area contributed by atoms with Crippen molar-refractivity contribution in [2.75, 3.05) is 13.7 Å². The molecule has 0 aliphatic heterocycles. The van der Waals surface area contributed by atoms with Crippen molar-refractivity contribution >= 4 is 18.3 Å². The molecule has 0 aromatic heterocycles. The van der Waals surface area contributed by atoms with E-state index in [9.17, 15) is 9.18 Å². The summed E-state index contributed by atoms with van der Waals surface area (Å²) in [7, 11) is 1.61. The van der Waals surface area contributed by atoms with Crippen LogP contribution >= 0.6 is 12.4 Å². The number of hydrogen-bond acceptors (Lipinski definition) is 3. The lowest BCUT2D eigenvalue weighted by atomic mass is 10.1. The van der Waals surface area contributed by atoms with E-state index in [1.54, 1.807) is 19.2 Å². The first kappa shape index (κ1) is 20.9. The van der Waals surface area contributed by atoms with Gasteiger partial charge in [0, 0.05) is 6.54 Å². The van der Waals surface area contributed by atoms with Gasteiger partial charge in [0.05, 0.1) is 13.2 Å². The maximum atomic E-state index is 13.5. The third-order valence-corrected chi connectivity index (χ3v) is 3.83. The summed E-state index contributed by atoms with van der Waals surface area (Å²) in [6.45, 7) is 0.476. The van der Waals surface area contributed by atoms with E-state index >= 15 is 0 Å². The van der Waals surface area contributed by atoms with E-state index in [-0.39, 0.29) is 24.1 Å². The zero-order chi connectivity index (χ0) is 17.4. The molecule has 0 aliphatic carbocycles. The SMILES string of the molecule is COc1ccc(C[C@H](N)C(=O)NCCCc2ccccc2F)cc1.Cl. The third kappa shape index (κ3) is 6.72. The molecular weight excluding hydrogens is 343 g/mol. The molecule has 0 fully saturated rings. The second-order valence-corrected chi connectivity index (χ2v) is 5.64. The van der Waals surface area contributed by atoms with Crippen LogP contribution in [0, 0.1) is 5.82 Å². The fourth-order valence-electron chi connectivity index (χ4n) is 2.43. The van der Waals surface area contributed by atoms with E-state index < -0.39 is 6.04 Å². The molecule has 6 heteroatoms. The number of benzene rings is 2. The first-order valence-electron chi connectivity index (χ1n) is 8.00. The molecule has 0 aliphatic rings. The normalized spacial score (nSPS) is 11.3. The van der Waals surface area contributed by atoms with Crippen molar-refractivity contribution in [1.82, 2.24) is 5.32 Å². The van der Waals surface area contributed by atoms with Crippen LogP contribution in [-0.4, -0.2) is 25.6 Å². The van der Waals surface area contributed by atoms with E-state index in [1.807, 2.05) is 30.3 Å². The molecule has 4 nitrogen and oxygen atoms in total. The van der Waals surface area contributed by atoms with Crippen LogP contribution in [0.15, 0.2) is 48.5 Å². The van der Waals surface area contributed by atoms with Crippen molar-refractivity contribution in [2.45, 2.75) is 25.3 Å². The molecule has 2 rings (SSSR count). The van der Waals surface area contributed by atoms with Gasteiger partial charge in [0.1, 0.15) is 11.6 Å². The van der Waals surface area contributed by atoms with Gasteiger partial charge in [-0.1, -0.05) is 30.3 Å². The highest BCUT2D eigenvalue weighted by Crippen LogP contribution is 2.12. The average molecular weight is 367 g/mol. The summed E-state index contributed by atoms with van der Waals surface area (Å²) in [5, 5.41) is 2.80. The van der Waals surface area contributed by atoms with Crippen LogP contribution < -0.4 is 15.8 Å². The molecule has 25 heavy (non-hydrogen) atoms. The van der Waals surface area contributed by atoms with Gasteiger partial charge in [0.2, 0.25) is 5.91 Å². The van der Waals surface area contributed by atoms with E-state index in [0.717, 1.165) is 11.3 Å². The maximum Gasteiger partial charge on any atom is 0.237 e. The molecule has 0 heterocycles. The lowest BCUT2D eigenvalue weighted by Gasteiger charge is -2.13. The zero-order valence-corrected chi connectivity index (χ0v) is 15.0. The van der Waals surface area contributed by atoms with Crippen LogP contribution in [0.1, 0.15) is 17.5 Å². The molecule has 1 atom stereocenters. The zero-order valence-electron chi connectivity index (χ0n) is 14.2. The number of halogens is 2. The van der Waals surface area contributed by atoms with Crippen LogP contribution in [0.25, 0.3) is 0 Å². The summed E-state index contributed by atoms with van der Waals surface area (Å²) in [4.78, 5) is 12.0. The summed E-state index contributed by atoms with van der Waals surface area (Å²) in [6.07, 6.45) is 1.71. The van der Waals surface area contributed by atoms with Crippen LogP contribution in [0.5, 0.6) is 5.75 Å². The minimum atomic E-state index is -0.605. The van der Waals surface area contributed by atoms with Crippen molar-refractivity contribution in [1.29, 1.82) is 0 Å². The number of carbonyl (C=O) groups is 1. The van der Waals surface area contributed by atoms with Crippen LogP contribution in [-0.2, 0) is 17.6 Å². The number of amides is 1. The Labute approximate surface area is 154 Å². The van der Waals surface area contributed by atoms with Crippen molar-refractivity contribution < 1.29 is 13.9 Å². The number of rotatable bonds is 8. The van der Waals surface area contributed by atoms with Gasteiger partial charge in [0.15, 0.2) is 0 Å². The largest absolute Gasteiger partial charge is 0.497 e. The molecule has 1 amide bonds. The Morgan fingerprint density at radius 1 is 1.20 bits per heavy atom. The summed E-state index contributed by atoms with van der Waals surface area (Å²) < 4.78 is 18.6. The topological polar surface area (TPSA) is 64.3 Å². The third-order valence-electron chi connectivity index (χ3n) is 3.83. The molecule has 0 saturated heterocycles. The quantitative estimate of drug-likeness (QED) is 0.706. The van der Waals surface area contributed by atoms with Gasteiger partial charge in [-0.2, -0.15) is 0 Å². The molecule has 0 spiro atoms. The highest BCUT2D eigenvalue weighted by molar-refractivity contribution is 5.85.